The summed E-state index contributed by atoms with van der Waals surface area (Å²) in [5.41, 5.74) is 0. The van der Waals surface area contributed by atoms with Crippen molar-refractivity contribution in [2.75, 3.05) is 6.61 Å². The van der Waals surface area contributed by atoms with Crippen LogP contribution < -0.4 is 0 Å². The molecule has 0 rings (SSSR count). The van der Waals surface area contributed by atoms with Gasteiger partial charge in [-0.25, -0.2) is 4.89 Å². The molecule has 1 N–H and O–H groups in total. The maximum Gasteiger partial charge on any atom is 0.0819 e. The second-order valence-corrected chi connectivity index (χ2v) is 1.75. The van der Waals surface area contributed by atoms with E-state index in [-0.39, 0.29) is 0 Å². The fraction of sp³-hybridized carbons (Fsp3) is 0.833. The normalized spacial score (nSPS) is 9.75. The second kappa shape index (κ2) is 6.92. The highest BCUT2D eigenvalue weighted by molar-refractivity contribution is 4.41. The van der Waals surface area contributed by atoms with Gasteiger partial charge >= 0.3 is 0 Å². The summed E-state index contributed by atoms with van der Waals surface area (Å²) in [5, 5.41) is 7.85. The van der Waals surface area contributed by atoms with Gasteiger partial charge in [0.25, 0.3) is 0 Å². The first-order valence-electron chi connectivity index (χ1n) is 2.97. The molecular weight excluding hydrogens is 104 g/mol. The van der Waals surface area contributed by atoms with E-state index in [1.807, 2.05) is 0 Å². The second-order valence-electron chi connectivity index (χ2n) is 1.75. The van der Waals surface area contributed by atoms with Gasteiger partial charge in [0.05, 0.1) is 6.61 Å². The fourth-order valence-corrected chi connectivity index (χ4v) is 0.520. The Balaban J connectivity index is 2.53. The van der Waals surface area contributed by atoms with Crippen molar-refractivity contribution in [1.29, 1.82) is 0 Å². The summed E-state index contributed by atoms with van der Waals surface area (Å²) in [5.74, 6) is 0. The van der Waals surface area contributed by atoms with Crippen molar-refractivity contribution in [1.82, 2.24) is 0 Å². The predicted octanol–water partition coefficient (Wildman–Crippen LogP) is 1.87. The largest absolute Gasteiger partial charge is 0.252 e. The zero-order chi connectivity index (χ0) is 6.24. The van der Waals surface area contributed by atoms with Crippen LogP contribution in [0.5, 0.6) is 0 Å². The van der Waals surface area contributed by atoms with E-state index < -0.39 is 0 Å². The molecular formula is C6H13O2. The Hall–Kier alpha value is -0.0800. The minimum atomic E-state index is 0.458. The highest BCUT2D eigenvalue weighted by Crippen LogP contribution is 1.97. The number of unbranched alkanes of at least 4 members (excludes halogenated alkanes) is 3. The first-order valence-corrected chi connectivity index (χ1v) is 2.97. The molecule has 0 saturated heterocycles. The van der Waals surface area contributed by atoms with E-state index in [0.717, 1.165) is 25.7 Å². The molecule has 0 aliphatic carbocycles. The number of hydrogen-bond donors (Lipinski definition) is 1. The van der Waals surface area contributed by atoms with Gasteiger partial charge in [-0.1, -0.05) is 26.2 Å². The van der Waals surface area contributed by atoms with Crippen molar-refractivity contribution in [2.45, 2.75) is 25.7 Å². The molecule has 0 aliphatic rings. The zero-order valence-electron chi connectivity index (χ0n) is 5.10. The van der Waals surface area contributed by atoms with Gasteiger partial charge in [0.15, 0.2) is 0 Å². The molecule has 0 fully saturated rings. The molecule has 2 heteroatoms. The Morgan fingerprint density at radius 1 is 1.25 bits per heavy atom. The van der Waals surface area contributed by atoms with E-state index >= 15 is 0 Å². The van der Waals surface area contributed by atoms with E-state index in [0.29, 0.717) is 6.61 Å². The van der Waals surface area contributed by atoms with Gasteiger partial charge in [0.1, 0.15) is 0 Å². The van der Waals surface area contributed by atoms with Crippen molar-refractivity contribution < 1.29 is 10.1 Å². The molecule has 0 unspecified atom stereocenters. The highest BCUT2D eigenvalue weighted by Gasteiger charge is 1.84. The third-order valence-corrected chi connectivity index (χ3v) is 0.986. The van der Waals surface area contributed by atoms with Crippen molar-refractivity contribution in [3.05, 3.63) is 6.92 Å². The molecule has 0 aromatic heterocycles. The van der Waals surface area contributed by atoms with Gasteiger partial charge in [0.2, 0.25) is 0 Å². The summed E-state index contributed by atoms with van der Waals surface area (Å²) in [7, 11) is 0. The van der Waals surface area contributed by atoms with Crippen LogP contribution in [-0.4, -0.2) is 11.9 Å². The molecule has 0 heterocycles. The maximum atomic E-state index is 7.85. The molecule has 0 aliphatic heterocycles. The standard InChI is InChI=1S/C6H13O2/c1-2-3-4-5-6-8-7/h7H,1-6H2. The van der Waals surface area contributed by atoms with E-state index in [1.165, 1.54) is 0 Å². The average molecular weight is 117 g/mol. The minimum Gasteiger partial charge on any atom is -0.252 e. The predicted molar refractivity (Wildman–Crippen MR) is 32.4 cm³/mol. The molecule has 0 aromatic carbocycles. The summed E-state index contributed by atoms with van der Waals surface area (Å²) in [4.78, 5) is 3.87. The van der Waals surface area contributed by atoms with Gasteiger partial charge in [-0.15, -0.1) is 0 Å². The molecule has 0 spiro atoms. The van der Waals surface area contributed by atoms with E-state index in [9.17, 15) is 0 Å². The molecule has 0 atom stereocenters. The van der Waals surface area contributed by atoms with Crippen molar-refractivity contribution in [3.63, 3.8) is 0 Å². The van der Waals surface area contributed by atoms with Gasteiger partial charge < -0.3 is 0 Å². The Kier molecular flexibility index (Phi) is 6.85. The van der Waals surface area contributed by atoms with E-state index in [4.69, 9.17) is 5.26 Å². The average Bonchev–Trinajstić information content (AvgIpc) is 1.81. The monoisotopic (exact) mass is 117 g/mol. The van der Waals surface area contributed by atoms with Crippen molar-refractivity contribution in [2.24, 2.45) is 0 Å². The molecule has 8 heavy (non-hydrogen) atoms. The highest BCUT2D eigenvalue weighted by atomic mass is 17.1. The smallest absolute Gasteiger partial charge is 0.0819 e. The Morgan fingerprint density at radius 2 is 2.00 bits per heavy atom. The van der Waals surface area contributed by atoms with Crippen molar-refractivity contribution in [3.8, 4) is 0 Å². The van der Waals surface area contributed by atoms with Crippen molar-refractivity contribution >= 4 is 0 Å². The quantitative estimate of drug-likeness (QED) is 0.338. The molecule has 0 bridgehead atoms. The molecule has 49 valence electrons. The SMILES string of the molecule is [CH2]CCCCCOO. The lowest BCUT2D eigenvalue weighted by atomic mass is 10.2. The number of hydrogen-bond acceptors (Lipinski definition) is 2. The van der Waals surface area contributed by atoms with E-state index in [2.05, 4.69) is 11.8 Å². The molecule has 1 radical (unpaired) electrons. The van der Waals surface area contributed by atoms with E-state index in [1.54, 1.807) is 0 Å². The Morgan fingerprint density at radius 3 is 2.50 bits per heavy atom. The van der Waals surface area contributed by atoms with Gasteiger partial charge in [-0.3, -0.25) is 5.26 Å². The summed E-state index contributed by atoms with van der Waals surface area (Å²) in [6.07, 6.45) is 4.14. The van der Waals surface area contributed by atoms with Crippen LogP contribution in [0.4, 0.5) is 0 Å². The summed E-state index contributed by atoms with van der Waals surface area (Å²) >= 11 is 0. The number of rotatable bonds is 5. The zero-order valence-corrected chi connectivity index (χ0v) is 5.10. The van der Waals surface area contributed by atoms with Crippen LogP contribution in [0.1, 0.15) is 25.7 Å². The summed E-state index contributed by atoms with van der Waals surface area (Å²) < 4.78 is 0. The summed E-state index contributed by atoms with van der Waals surface area (Å²) in [6.45, 7) is 4.14. The van der Waals surface area contributed by atoms with Crippen LogP contribution in [-0.2, 0) is 4.89 Å². The Labute approximate surface area is 50.4 Å². The lowest BCUT2D eigenvalue weighted by Crippen LogP contribution is -1.87. The van der Waals surface area contributed by atoms with Crippen LogP contribution in [0.25, 0.3) is 0 Å². The molecule has 0 aromatic rings. The van der Waals surface area contributed by atoms with Gasteiger partial charge in [-0.05, 0) is 6.42 Å². The van der Waals surface area contributed by atoms with Crippen LogP contribution >= 0.6 is 0 Å². The summed E-state index contributed by atoms with van der Waals surface area (Å²) in [6, 6.07) is 0. The first-order chi connectivity index (χ1) is 3.91. The molecule has 2 nitrogen and oxygen atoms in total. The lowest BCUT2D eigenvalue weighted by Gasteiger charge is -1.93. The topological polar surface area (TPSA) is 29.5 Å². The first kappa shape index (κ1) is 7.92. The van der Waals surface area contributed by atoms with Crippen LogP contribution in [0.15, 0.2) is 0 Å². The minimum absolute atomic E-state index is 0.458. The fourth-order valence-electron chi connectivity index (χ4n) is 0.520. The Bertz CT molecular complexity index is 31.5. The van der Waals surface area contributed by atoms with Crippen LogP contribution in [0.2, 0.25) is 0 Å². The third-order valence-electron chi connectivity index (χ3n) is 0.986. The van der Waals surface area contributed by atoms with Gasteiger partial charge in [0, 0.05) is 0 Å². The molecule has 0 saturated carbocycles. The third kappa shape index (κ3) is 5.92. The van der Waals surface area contributed by atoms with Crippen LogP contribution in [0.3, 0.4) is 0 Å². The van der Waals surface area contributed by atoms with Gasteiger partial charge in [-0.2, -0.15) is 0 Å². The maximum absolute atomic E-state index is 7.85. The lowest BCUT2D eigenvalue weighted by molar-refractivity contribution is -0.242. The molecule has 0 amide bonds. The van der Waals surface area contributed by atoms with Crippen LogP contribution in [0, 0.1) is 6.92 Å².